The predicted molar refractivity (Wildman–Crippen MR) is 57.5 cm³/mol. The molecule has 1 saturated heterocycles. The zero-order valence-electron chi connectivity index (χ0n) is 9.40. The summed E-state index contributed by atoms with van der Waals surface area (Å²) in [6, 6.07) is 1.76. The van der Waals surface area contributed by atoms with Crippen LogP contribution in [-0.2, 0) is 16.1 Å². The molecule has 1 aromatic rings. The highest BCUT2D eigenvalue weighted by molar-refractivity contribution is 5.37. The number of nitrogens with one attached hydrogen (secondary N) is 1. The van der Waals surface area contributed by atoms with E-state index < -0.39 is 0 Å². The van der Waals surface area contributed by atoms with Crippen LogP contribution in [0.3, 0.4) is 0 Å². The lowest BCUT2D eigenvalue weighted by Gasteiger charge is -2.26. The van der Waals surface area contributed by atoms with Gasteiger partial charge in [0.2, 0.25) is 5.88 Å². The highest BCUT2D eigenvalue weighted by Gasteiger charge is 2.21. The van der Waals surface area contributed by atoms with Crippen molar-refractivity contribution in [3.05, 3.63) is 11.9 Å². The lowest BCUT2D eigenvalue weighted by molar-refractivity contribution is -0.0814. The minimum Gasteiger partial charge on any atom is -0.469 e. The molecule has 1 aromatic heterocycles. The number of nitrogens with zero attached hydrogens (tertiary/aromatic N) is 2. The molecular formula is C10H15N3O3. The van der Waals surface area contributed by atoms with Gasteiger partial charge in [-0.3, -0.25) is 0 Å². The lowest BCUT2D eigenvalue weighted by Crippen LogP contribution is -2.38. The van der Waals surface area contributed by atoms with Crippen LogP contribution >= 0.6 is 0 Å². The fraction of sp³-hybridized carbons (Fsp3) is 0.600. The Morgan fingerprint density at radius 3 is 2.88 bits per heavy atom. The molecule has 16 heavy (non-hydrogen) atoms. The molecule has 2 heterocycles. The van der Waals surface area contributed by atoms with Crippen molar-refractivity contribution in [2.24, 2.45) is 0 Å². The first kappa shape index (κ1) is 11.1. The smallest absolute Gasteiger partial charge is 0.219 e. The maximum atomic E-state index is 5.61. The fourth-order valence-electron chi connectivity index (χ4n) is 1.31. The standard InChI is InChI=1S/C10H15N3O3/c1-11-8-3-10(16-7-4-15-5-7)13-9(12-8)6-14-2/h3,7H,4-6H2,1-2H3,(H,11,12,13). The molecule has 0 radical (unpaired) electrons. The van der Waals surface area contributed by atoms with Crippen LogP contribution < -0.4 is 10.1 Å². The summed E-state index contributed by atoms with van der Waals surface area (Å²) in [4.78, 5) is 8.47. The summed E-state index contributed by atoms with van der Waals surface area (Å²) < 4.78 is 15.6. The van der Waals surface area contributed by atoms with E-state index in [0.29, 0.717) is 31.5 Å². The van der Waals surface area contributed by atoms with Gasteiger partial charge in [-0.15, -0.1) is 0 Å². The Balaban J connectivity index is 2.11. The van der Waals surface area contributed by atoms with E-state index in [-0.39, 0.29) is 6.10 Å². The van der Waals surface area contributed by atoms with Crippen molar-refractivity contribution in [3.8, 4) is 5.88 Å². The molecule has 2 rings (SSSR count). The van der Waals surface area contributed by atoms with Crippen molar-refractivity contribution >= 4 is 5.82 Å². The van der Waals surface area contributed by atoms with E-state index in [1.165, 1.54) is 0 Å². The van der Waals surface area contributed by atoms with E-state index in [1.54, 1.807) is 20.2 Å². The van der Waals surface area contributed by atoms with Crippen molar-refractivity contribution in [2.45, 2.75) is 12.7 Å². The number of ether oxygens (including phenoxy) is 3. The Morgan fingerprint density at radius 2 is 2.31 bits per heavy atom. The summed E-state index contributed by atoms with van der Waals surface area (Å²) in [5.74, 6) is 1.88. The van der Waals surface area contributed by atoms with Gasteiger partial charge < -0.3 is 19.5 Å². The Bertz CT molecular complexity index is 355. The highest BCUT2D eigenvalue weighted by Crippen LogP contribution is 2.17. The van der Waals surface area contributed by atoms with Gasteiger partial charge in [-0.05, 0) is 0 Å². The Hall–Kier alpha value is -1.40. The SMILES string of the molecule is CNc1cc(OC2COC2)nc(COC)n1. The minimum absolute atomic E-state index is 0.106. The first-order valence-electron chi connectivity index (χ1n) is 5.11. The van der Waals surface area contributed by atoms with Gasteiger partial charge in [0.15, 0.2) is 5.82 Å². The van der Waals surface area contributed by atoms with Crippen LogP contribution in [0.5, 0.6) is 5.88 Å². The predicted octanol–water partition coefficient (Wildman–Crippen LogP) is 0.442. The maximum Gasteiger partial charge on any atom is 0.219 e. The second-order valence-electron chi connectivity index (χ2n) is 3.47. The van der Waals surface area contributed by atoms with Gasteiger partial charge in [0, 0.05) is 20.2 Å². The summed E-state index contributed by atoms with van der Waals surface area (Å²) in [7, 11) is 3.41. The molecule has 1 aliphatic rings. The quantitative estimate of drug-likeness (QED) is 0.784. The second kappa shape index (κ2) is 5.09. The average molecular weight is 225 g/mol. The van der Waals surface area contributed by atoms with Gasteiger partial charge in [0.05, 0.1) is 13.2 Å². The number of rotatable bonds is 5. The van der Waals surface area contributed by atoms with Crippen LogP contribution in [0.15, 0.2) is 6.07 Å². The molecule has 0 saturated carbocycles. The summed E-state index contributed by atoms with van der Waals surface area (Å²) >= 11 is 0. The molecule has 0 amide bonds. The highest BCUT2D eigenvalue weighted by atomic mass is 16.6. The molecule has 88 valence electrons. The first-order chi connectivity index (χ1) is 7.81. The minimum atomic E-state index is 0.106. The van der Waals surface area contributed by atoms with Gasteiger partial charge in [-0.25, -0.2) is 4.98 Å². The van der Waals surface area contributed by atoms with Crippen molar-refractivity contribution in [2.75, 3.05) is 32.7 Å². The maximum absolute atomic E-state index is 5.61. The first-order valence-corrected chi connectivity index (χ1v) is 5.11. The van der Waals surface area contributed by atoms with Crippen LogP contribution in [0.4, 0.5) is 5.82 Å². The van der Waals surface area contributed by atoms with Gasteiger partial charge in [0.1, 0.15) is 18.5 Å². The lowest BCUT2D eigenvalue weighted by atomic mass is 10.3. The Kier molecular flexibility index (Phi) is 3.53. The van der Waals surface area contributed by atoms with Crippen molar-refractivity contribution in [1.82, 2.24) is 9.97 Å². The molecule has 1 fully saturated rings. The third-order valence-electron chi connectivity index (χ3n) is 2.17. The van der Waals surface area contributed by atoms with E-state index in [2.05, 4.69) is 15.3 Å². The molecule has 0 atom stereocenters. The third-order valence-corrected chi connectivity index (χ3v) is 2.17. The summed E-state index contributed by atoms with van der Waals surface area (Å²) in [5.41, 5.74) is 0. The number of hydrogen-bond acceptors (Lipinski definition) is 6. The molecule has 0 unspecified atom stereocenters. The average Bonchev–Trinajstić information content (AvgIpc) is 2.24. The summed E-state index contributed by atoms with van der Waals surface area (Å²) in [6.07, 6.45) is 0.106. The van der Waals surface area contributed by atoms with Crippen LogP contribution in [0.25, 0.3) is 0 Å². The van der Waals surface area contributed by atoms with Gasteiger partial charge in [-0.2, -0.15) is 4.98 Å². The van der Waals surface area contributed by atoms with Gasteiger partial charge >= 0.3 is 0 Å². The Labute approximate surface area is 93.9 Å². The van der Waals surface area contributed by atoms with E-state index in [4.69, 9.17) is 14.2 Å². The molecular weight excluding hydrogens is 210 g/mol. The molecule has 0 aliphatic carbocycles. The van der Waals surface area contributed by atoms with Crippen LogP contribution in [0, 0.1) is 0 Å². The zero-order valence-corrected chi connectivity index (χ0v) is 9.40. The summed E-state index contributed by atoms with van der Waals surface area (Å²) in [6.45, 7) is 1.62. The topological polar surface area (TPSA) is 65.5 Å². The number of hydrogen-bond donors (Lipinski definition) is 1. The zero-order chi connectivity index (χ0) is 11.4. The second-order valence-corrected chi connectivity index (χ2v) is 3.47. The van der Waals surface area contributed by atoms with E-state index in [1.807, 2.05) is 0 Å². The summed E-state index contributed by atoms with van der Waals surface area (Å²) in [5, 5.41) is 2.96. The third kappa shape index (κ3) is 2.59. The number of aromatic nitrogens is 2. The molecule has 0 aromatic carbocycles. The number of methoxy groups -OCH3 is 1. The van der Waals surface area contributed by atoms with E-state index in [9.17, 15) is 0 Å². The Morgan fingerprint density at radius 1 is 1.50 bits per heavy atom. The van der Waals surface area contributed by atoms with Crippen molar-refractivity contribution < 1.29 is 14.2 Å². The van der Waals surface area contributed by atoms with Crippen LogP contribution in [0.2, 0.25) is 0 Å². The van der Waals surface area contributed by atoms with Crippen LogP contribution in [0.1, 0.15) is 5.82 Å². The van der Waals surface area contributed by atoms with Gasteiger partial charge in [-0.1, -0.05) is 0 Å². The van der Waals surface area contributed by atoms with E-state index in [0.717, 1.165) is 5.82 Å². The molecule has 0 spiro atoms. The molecule has 1 N–H and O–H groups in total. The molecule has 6 nitrogen and oxygen atoms in total. The van der Waals surface area contributed by atoms with Gasteiger partial charge in [0.25, 0.3) is 0 Å². The molecule has 1 aliphatic heterocycles. The van der Waals surface area contributed by atoms with E-state index >= 15 is 0 Å². The van der Waals surface area contributed by atoms with Crippen molar-refractivity contribution in [3.63, 3.8) is 0 Å². The molecule has 0 bridgehead atoms. The van der Waals surface area contributed by atoms with Crippen LogP contribution in [-0.4, -0.2) is 43.4 Å². The van der Waals surface area contributed by atoms with Crippen molar-refractivity contribution in [1.29, 1.82) is 0 Å². The monoisotopic (exact) mass is 225 g/mol. The number of anilines is 1. The largest absolute Gasteiger partial charge is 0.469 e. The normalized spacial score (nSPS) is 15.6. The molecule has 6 heteroatoms. The fourth-order valence-corrected chi connectivity index (χ4v) is 1.31.